The number of nitrogens with one attached hydrogen (secondary N) is 1. The Morgan fingerprint density at radius 1 is 0.787 bits per heavy atom. The van der Waals surface area contributed by atoms with Crippen molar-refractivity contribution in [2.75, 3.05) is 101 Å². The van der Waals surface area contributed by atoms with Crippen molar-refractivity contribution in [2.24, 2.45) is 0 Å². The van der Waals surface area contributed by atoms with Crippen molar-refractivity contribution in [3.05, 3.63) is 76.9 Å². The molecule has 0 spiro atoms. The van der Waals surface area contributed by atoms with Crippen LogP contribution in [0.15, 0.2) is 48.5 Å². The van der Waals surface area contributed by atoms with E-state index in [4.69, 9.17) is 10.1 Å². The number of carbonyl (C=O) groups excluding carboxylic acids is 3. The molecule has 324 valence electrons. The van der Waals surface area contributed by atoms with Crippen molar-refractivity contribution in [3.63, 3.8) is 0 Å². The number of carbonyl (C=O) groups is 3. The number of rotatable bonds is 13. The van der Waals surface area contributed by atoms with Gasteiger partial charge in [-0.1, -0.05) is 36.8 Å². The maximum Gasteiger partial charge on any atom is 0.255 e. The molecule has 4 aromatic rings. The monoisotopic (exact) mass is 834 g/mol. The lowest BCUT2D eigenvalue weighted by Crippen LogP contribution is -2.52. The molecule has 0 saturated carbocycles. The lowest BCUT2D eigenvalue weighted by atomic mass is 9.92. The zero-order valence-electron chi connectivity index (χ0n) is 35.4. The summed E-state index contributed by atoms with van der Waals surface area (Å²) in [5, 5.41) is 16.9. The Morgan fingerprint density at radius 2 is 1.46 bits per heavy atom. The van der Waals surface area contributed by atoms with Crippen LogP contribution in [-0.2, 0) is 16.1 Å². The van der Waals surface area contributed by atoms with E-state index < -0.39 is 17.8 Å². The molecule has 9 rings (SSSR count). The van der Waals surface area contributed by atoms with Crippen molar-refractivity contribution < 1.29 is 23.9 Å². The number of piperidine rings is 2. The Bertz CT molecular complexity index is 2230. The van der Waals surface area contributed by atoms with E-state index in [0.717, 1.165) is 137 Å². The summed E-state index contributed by atoms with van der Waals surface area (Å²) in [7, 11) is 0. The average molecular weight is 835 g/mol. The number of halogens is 1. The fraction of sp³-hybridized carbons (Fsp3) is 0.543. The highest BCUT2D eigenvalue weighted by atomic mass is 19.1. The van der Waals surface area contributed by atoms with Crippen LogP contribution in [0.4, 0.5) is 15.9 Å². The summed E-state index contributed by atoms with van der Waals surface area (Å²) in [4.78, 5) is 56.5. The minimum Gasteiger partial charge on any atom is -0.395 e. The van der Waals surface area contributed by atoms with E-state index >= 15 is 0 Å². The van der Waals surface area contributed by atoms with Gasteiger partial charge in [-0.05, 0) is 82.9 Å². The number of aromatic nitrogens is 3. The minimum absolute atomic E-state index is 0.186. The normalized spacial score (nSPS) is 21.2. The topological polar surface area (TPSA) is 133 Å². The van der Waals surface area contributed by atoms with Gasteiger partial charge in [0.05, 0.1) is 12.3 Å². The number of imide groups is 1. The number of aryl methyl sites for hydroxylation is 1. The first-order chi connectivity index (χ1) is 29.7. The molecule has 4 fully saturated rings. The Labute approximate surface area is 357 Å². The average Bonchev–Trinajstić information content (AvgIpc) is 3.79. The molecule has 5 aliphatic heterocycles. The number of anilines is 2. The number of benzene rings is 2. The minimum atomic E-state index is -0.720. The third-order valence-electron chi connectivity index (χ3n) is 13.7. The summed E-state index contributed by atoms with van der Waals surface area (Å²) >= 11 is 0. The van der Waals surface area contributed by atoms with E-state index in [1.165, 1.54) is 35.6 Å². The lowest BCUT2D eigenvalue weighted by molar-refractivity contribution is -0.136. The number of fused-ring (bicyclic) bond motifs is 2. The number of nitrogens with zero attached hydrogens (tertiary/aromatic N) is 9. The second-order valence-corrected chi connectivity index (χ2v) is 17.5. The van der Waals surface area contributed by atoms with Gasteiger partial charge < -0.3 is 24.7 Å². The lowest BCUT2D eigenvalue weighted by Gasteiger charge is -2.37. The summed E-state index contributed by atoms with van der Waals surface area (Å²) in [6, 6.07) is 14.9. The predicted octanol–water partition coefficient (Wildman–Crippen LogP) is 3.89. The molecule has 4 saturated heterocycles. The number of aliphatic hydroxyl groups is 1. The molecule has 2 aromatic carbocycles. The Kier molecular flexibility index (Phi) is 12.3. The molecule has 2 aromatic heterocycles. The number of β-amino-alcohol motifs (C(OH)–C–C–N with tert-alkyl or cyclic N) is 1. The number of piperazine rings is 2. The van der Waals surface area contributed by atoms with E-state index in [-0.39, 0.29) is 37.8 Å². The molecule has 14 nitrogen and oxygen atoms in total. The standard InChI is InChI=1S/C46H59FN10O4/c1-32-43(34-8-4-2-5-9-34)44-48-38(30-42(57(44)50-32)55-24-20-53(21-25-55)26-27-58)33-12-16-51(17-13-33)14-6-3-7-15-52-18-22-54(23-19-52)40-29-35(47)28-36-37(40)31-56(46(36)61)39-10-11-41(59)49-45(39)60/h2,4-5,8-9,28-30,33,39,58H,3,6-7,10-27,31H2,1H3,(H,49,59,60). The van der Waals surface area contributed by atoms with Gasteiger partial charge in [-0.15, -0.1) is 0 Å². The van der Waals surface area contributed by atoms with Crippen molar-refractivity contribution in [2.45, 2.75) is 70.4 Å². The smallest absolute Gasteiger partial charge is 0.255 e. The van der Waals surface area contributed by atoms with Crippen molar-refractivity contribution in [1.82, 2.24) is 39.5 Å². The molecule has 7 heterocycles. The molecular weight excluding hydrogens is 776 g/mol. The molecule has 0 radical (unpaired) electrons. The predicted molar refractivity (Wildman–Crippen MR) is 232 cm³/mol. The van der Waals surface area contributed by atoms with Gasteiger partial charge in [-0.2, -0.15) is 9.61 Å². The fourth-order valence-corrected chi connectivity index (χ4v) is 10.2. The maximum atomic E-state index is 14.9. The largest absolute Gasteiger partial charge is 0.395 e. The molecule has 2 N–H and O–H groups in total. The molecule has 5 aliphatic rings. The van der Waals surface area contributed by atoms with Crippen molar-refractivity contribution >= 4 is 34.9 Å². The van der Waals surface area contributed by atoms with Gasteiger partial charge in [0.25, 0.3) is 5.91 Å². The second-order valence-electron chi connectivity index (χ2n) is 17.5. The van der Waals surface area contributed by atoms with Crippen LogP contribution >= 0.6 is 0 Å². The summed E-state index contributed by atoms with van der Waals surface area (Å²) in [5.41, 5.74) is 7.16. The highest BCUT2D eigenvalue weighted by Gasteiger charge is 2.41. The van der Waals surface area contributed by atoms with Crippen LogP contribution in [-0.4, -0.2) is 155 Å². The van der Waals surface area contributed by atoms with Crippen LogP contribution in [0.1, 0.15) is 78.2 Å². The van der Waals surface area contributed by atoms with E-state index in [2.05, 4.69) is 71.6 Å². The van der Waals surface area contributed by atoms with Gasteiger partial charge in [0.15, 0.2) is 5.65 Å². The molecule has 3 amide bonds. The Morgan fingerprint density at radius 3 is 2.15 bits per heavy atom. The highest BCUT2D eigenvalue weighted by Crippen LogP contribution is 2.37. The van der Waals surface area contributed by atoms with Gasteiger partial charge in [-0.25, -0.2) is 9.37 Å². The summed E-state index contributed by atoms with van der Waals surface area (Å²) in [6.45, 7) is 14.4. The summed E-state index contributed by atoms with van der Waals surface area (Å²) in [6.07, 6.45) is 6.12. The number of likely N-dealkylation sites (tertiary alicyclic amines) is 1. The van der Waals surface area contributed by atoms with E-state index in [1.807, 2.05) is 6.07 Å². The Balaban J connectivity index is 0.754. The van der Waals surface area contributed by atoms with Crippen LogP contribution < -0.4 is 15.1 Å². The van der Waals surface area contributed by atoms with E-state index in [0.29, 0.717) is 18.0 Å². The van der Waals surface area contributed by atoms with Gasteiger partial charge in [0.1, 0.15) is 17.7 Å². The van der Waals surface area contributed by atoms with Crippen molar-refractivity contribution in [3.8, 4) is 11.1 Å². The van der Waals surface area contributed by atoms with Crippen LogP contribution in [0.2, 0.25) is 0 Å². The van der Waals surface area contributed by atoms with Crippen LogP contribution in [0.5, 0.6) is 0 Å². The van der Waals surface area contributed by atoms with Gasteiger partial charge in [-0.3, -0.25) is 29.5 Å². The zero-order valence-corrected chi connectivity index (χ0v) is 35.4. The third kappa shape index (κ3) is 8.75. The molecule has 0 bridgehead atoms. The first kappa shape index (κ1) is 41.4. The number of hydrogen-bond donors (Lipinski definition) is 2. The third-order valence-corrected chi connectivity index (χ3v) is 13.7. The first-order valence-electron chi connectivity index (χ1n) is 22.4. The number of unbranched alkanes of at least 4 members (excludes halogenated alkanes) is 2. The van der Waals surface area contributed by atoms with E-state index in [1.54, 1.807) is 0 Å². The highest BCUT2D eigenvalue weighted by molar-refractivity contribution is 6.06. The quantitative estimate of drug-likeness (QED) is 0.150. The van der Waals surface area contributed by atoms with Crippen LogP contribution in [0, 0.1) is 12.7 Å². The number of aliphatic hydroxyl groups excluding tert-OH is 1. The van der Waals surface area contributed by atoms with Gasteiger partial charge >= 0.3 is 0 Å². The molecule has 1 unspecified atom stereocenters. The molecule has 0 aliphatic carbocycles. The number of hydrogen-bond acceptors (Lipinski definition) is 11. The summed E-state index contributed by atoms with van der Waals surface area (Å²) in [5.74, 6) is -0.0707. The summed E-state index contributed by atoms with van der Waals surface area (Å²) < 4.78 is 16.9. The van der Waals surface area contributed by atoms with Crippen molar-refractivity contribution in [1.29, 1.82) is 0 Å². The SMILES string of the molecule is Cc1nn2c(N3CCN(CCO)CC3)cc(C3CCN(CCCCCN4CCN(c5cc(F)cc6c5CN(C5CCC(=O)NC5=O)C6=O)CC4)CC3)nc2c1-c1ccccc1. The zero-order chi connectivity index (χ0) is 42.0. The molecular formula is C46H59FN10O4. The molecule has 1 atom stereocenters. The van der Waals surface area contributed by atoms with Crippen LogP contribution in [0.3, 0.4) is 0 Å². The second kappa shape index (κ2) is 18.2. The number of amides is 3. The van der Waals surface area contributed by atoms with Crippen LogP contribution in [0.25, 0.3) is 16.8 Å². The van der Waals surface area contributed by atoms with E-state index in [9.17, 15) is 23.9 Å². The Hall–Kier alpha value is -4.96. The molecule has 15 heteroatoms. The maximum absolute atomic E-state index is 14.9. The van der Waals surface area contributed by atoms with Gasteiger partial charge in [0.2, 0.25) is 11.8 Å². The van der Waals surface area contributed by atoms with Gasteiger partial charge in [0, 0.05) is 112 Å². The first-order valence-corrected chi connectivity index (χ1v) is 22.4. The fourth-order valence-electron chi connectivity index (χ4n) is 10.2. The molecule has 61 heavy (non-hydrogen) atoms.